The summed E-state index contributed by atoms with van der Waals surface area (Å²) >= 11 is 6.25. The van der Waals surface area contributed by atoms with Crippen molar-refractivity contribution in [3.63, 3.8) is 0 Å². The number of carbonyl (C=O) groups is 2. The summed E-state index contributed by atoms with van der Waals surface area (Å²) < 4.78 is 10.6. The van der Waals surface area contributed by atoms with Gasteiger partial charge in [0.1, 0.15) is 28.9 Å². The fourth-order valence-electron chi connectivity index (χ4n) is 2.80. The van der Waals surface area contributed by atoms with Gasteiger partial charge in [-0.1, -0.05) is 17.7 Å². The van der Waals surface area contributed by atoms with Crippen LogP contribution in [0, 0.1) is 11.3 Å². The Labute approximate surface area is 201 Å². The smallest absolute Gasteiger partial charge is 0.266 e. The maximum absolute atomic E-state index is 12.4. The summed E-state index contributed by atoms with van der Waals surface area (Å²) in [7, 11) is 1.56. The van der Waals surface area contributed by atoms with Crippen molar-refractivity contribution in [3.05, 3.63) is 82.9 Å². The van der Waals surface area contributed by atoms with Crippen molar-refractivity contribution in [2.45, 2.75) is 0 Å². The van der Waals surface area contributed by atoms with Crippen molar-refractivity contribution in [1.82, 2.24) is 0 Å². The maximum atomic E-state index is 12.4. The first kappa shape index (κ1) is 24.2. The van der Waals surface area contributed by atoms with Crippen molar-refractivity contribution in [3.8, 4) is 23.3 Å². The number of phenolic OH excluding ortho intramolecular Hbond substituents is 1. The summed E-state index contributed by atoms with van der Waals surface area (Å²) in [6.07, 6.45) is 1.38. The van der Waals surface area contributed by atoms with Crippen LogP contribution in [0.4, 0.5) is 11.4 Å². The Morgan fingerprint density at radius 2 is 1.68 bits per heavy atom. The zero-order valence-electron chi connectivity index (χ0n) is 18.0. The van der Waals surface area contributed by atoms with Gasteiger partial charge in [0.05, 0.1) is 12.1 Å². The molecule has 3 N–H and O–H groups in total. The number of phenols is 1. The highest BCUT2D eigenvalue weighted by atomic mass is 35.5. The average Bonchev–Trinajstić information content (AvgIpc) is 2.83. The van der Waals surface area contributed by atoms with E-state index in [1.54, 1.807) is 43.5 Å². The number of anilines is 2. The molecule has 0 aliphatic heterocycles. The molecule has 0 atom stereocenters. The number of hydrogen-bond donors (Lipinski definition) is 3. The molecule has 0 saturated heterocycles. The molecule has 172 valence electrons. The number of nitriles is 1. The van der Waals surface area contributed by atoms with Gasteiger partial charge in [-0.15, -0.1) is 0 Å². The molecule has 0 saturated carbocycles. The number of aromatic hydroxyl groups is 1. The van der Waals surface area contributed by atoms with Gasteiger partial charge < -0.3 is 25.2 Å². The summed E-state index contributed by atoms with van der Waals surface area (Å²) in [6.45, 7) is -0.264. The van der Waals surface area contributed by atoms with E-state index in [1.807, 2.05) is 6.07 Å². The lowest BCUT2D eigenvalue weighted by molar-refractivity contribution is -0.118. The van der Waals surface area contributed by atoms with Gasteiger partial charge in [0.15, 0.2) is 6.61 Å². The molecule has 0 bridgehead atoms. The summed E-state index contributed by atoms with van der Waals surface area (Å²) in [5.41, 5.74) is 1.38. The molecular formula is C25H20ClN3O5. The minimum absolute atomic E-state index is 0.0595. The zero-order valence-corrected chi connectivity index (χ0v) is 18.8. The molecule has 0 aliphatic carbocycles. The highest BCUT2D eigenvalue weighted by molar-refractivity contribution is 6.32. The molecule has 0 spiro atoms. The van der Waals surface area contributed by atoms with Crippen molar-refractivity contribution >= 4 is 40.9 Å². The first-order valence-electron chi connectivity index (χ1n) is 9.96. The molecule has 3 rings (SSSR count). The standard InChI is InChI=1S/C25H20ClN3O5/c1-33-21-9-5-18(6-10-21)28-24(31)15-34-23-11-2-16(13-22(23)26)12-17(14-27)25(32)29-19-3-7-20(30)8-4-19/h2-13,30H,15H2,1H3,(H,28,31)(H,29,32)/b17-12+. The molecule has 0 heterocycles. The van der Waals surface area contributed by atoms with Crippen LogP contribution in [0.3, 0.4) is 0 Å². The van der Waals surface area contributed by atoms with E-state index < -0.39 is 5.91 Å². The third-order valence-corrected chi connectivity index (χ3v) is 4.79. The van der Waals surface area contributed by atoms with Crippen LogP contribution in [0.15, 0.2) is 72.3 Å². The zero-order chi connectivity index (χ0) is 24.5. The van der Waals surface area contributed by atoms with Crippen LogP contribution in [0.1, 0.15) is 5.56 Å². The molecule has 3 aromatic carbocycles. The van der Waals surface area contributed by atoms with Crippen LogP contribution in [0.25, 0.3) is 6.08 Å². The van der Waals surface area contributed by atoms with E-state index in [9.17, 15) is 20.0 Å². The topological polar surface area (TPSA) is 121 Å². The Hall–Kier alpha value is -4.48. The Morgan fingerprint density at radius 3 is 2.29 bits per heavy atom. The van der Waals surface area contributed by atoms with E-state index in [4.69, 9.17) is 21.1 Å². The highest BCUT2D eigenvalue weighted by Gasteiger charge is 2.11. The van der Waals surface area contributed by atoms with Crippen LogP contribution < -0.4 is 20.1 Å². The van der Waals surface area contributed by atoms with Gasteiger partial charge in [-0.25, -0.2) is 0 Å². The summed E-state index contributed by atoms with van der Waals surface area (Å²) in [5, 5.41) is 24.2. The lowest BCUT2D eigenvalue weighted by Crippen LogP contribution is -2.20. The predicted molar refractivity (Wildman–Crippen MR) is 129 cm³/mol. The number of rotatable bonds is 8. The summed E-state index contributed by atoms with van der Waals surface area (Å²) in [6, 6.07) is 19.2. The number of halogens is 1. The highest BCUT2D eigenvalue weighted by Crippen LogP contribution is 2.27. The molecule has 0 fully saturated rings. The second-order valence-corrected chi connectivity index (χ2v) is 7.33. The maximum Gasteiger partial charge on any atom is 0.266 e. The van der Waals surface area contributed by atoms with Gasteiger partial charge in [-0.2, -0.15) is 5.26 Å². The number of ether oxygens (including phenoxy) is 2. The summed E-state index contributed by atoms with van der Waals surface area (Å²) in [5.74, 6) is 0.0234. The van der Waals surface area contributed by atoms with Gasteiger partial charge in [0.25, 0.3) is 11.8 Å². The van der Waals surface area contributed by atoms with Crippen molar-refractivity contribution in [1.29, 1.82) is 5.26 Å². The van der Waals surface area contributed by atoms with Crippen LogP contribution in [0.2, 0.25) is 5.02 Å². The molecular weight excluding hydrogens is 458 g/mol. The lowest BCUT2D eigenvalue weighted by Gasteiger charge is -2.10. The first-order chi connectivity index (χ1) is 16.4. The van der Waals surface area contributed by atoms with Crippen LogP contribution >= 0.6 is 11.6 Å². The molecule has 0 aromatic heterocycles. The first-order valence-corrected chi connectivity index (χ1v) is 10.3. The number of methoxy groups -OCH3 is 1. The van der Waals surface area contributed by atoms with Crippen molar-refractivity contribution < 1.29 is 24.2 Å². The van der Waals surface area contributed by atoms with Crippen LogP contribution in [0.5, 0.6) is 17.2 Å². The number of nitrogens with zero attached hydrogens (tertiary/aromatic N) is 1. The van der Waals surface area contributed by atoms with Gasteiger partial charge in [-0.05, 0) is 72.3 Å². The number of nitrogens with one attached hydrogen (secondary N) is 2. The summed E-state index contributed by atoms with van der Waals surface area (Å²) in [4.78, 5) is 24.5. The van der Waals surface area contributed by atoms with Crippen LogP contribution in [-0.2, 0) is 9.59 Å². The number of carbonyl (C=O) groups excluding carboxylic acids is 2. The third-order valence-electron chi connectivity index (χ3n) is 4.49. The second-order valence-electron chi connectivity index (χ2n) is 6.93. The molecule has 3 aromatic rings. The van der Waals surface area contributed by atoms with Crippen molar-refractivity contribution in [2.24, 2.45) is 0 Å². The molecule has 0 aliphatic rings. The Balaban J connectivity index is 1.60. The Kier molecular flexibility index (Phi) is 8.11. The SMILES string of the molecule is COc1ccc(NC(=O)COc2ccc(/C=C(\C#N)C(=O)Nc3ccc(O)cc3)cc2Cl)cc1. The largest absolute Gasteiger partial charge is 0.508 e. The molecule has 9 heteroatoms. The number of hydrogen-bond acceptors (Lipinski definition) is 6. The van der Waals surface area contributed by atoms with Gasteiger partial charge in [0, 0.05) is 11.4 Å². The molecule has 2 amide bonds. The second kappa shape index (κ2) is 11.4. The van der Waals surface area contributed by atoms with E-state index in [0.717, 1.165) is 0 Å². The Morgan fingerprint density at radius 1 is 1.03 bits per heavy atom. The molecule has 8 nitrogen and oxygen atoms in total. The molecule has 0 unspecified atom stereocenters. The van der Waals surface area contributed by atoms with E-state index in [2.05, 4.69) is 10.6 Å². The van der Waals surface area contributed by atoms with Crippen molar-refractivity contribution in [2.75, 3.05) is 24.4 Å². The molecule has 34 heavy (non-hydrogen) atoms. The van der Waals surface area contributed by atoms with Gasteiger partial charge >= 0.3 is 0 Å². The van der Waals surface area contributed by atoms with E-state index >= 15 is 0 Å². The van der Waals surface area contributed by atoms with Gasteiger partial charge in [0.2, 0.25) is 0 Å². The van der Waals surface area contributed by atoms with Gasteiger partial charge in [-0.3, -0.25) is 9.59 Å². The Bertz CT molecular complexity index is 1250. The lowest BCUT2D eigenvalue weighted by atomic mass is 10.1. The van der Waals surface area contributed by atoms with E-state index in [0.29, 0.717) is 22.7 Å². The minimum atomic E-state index is -0.611. The monoisotopic (exact) mass is 477 g/mol. The quantitative estimate of drug-likeness (QED) is 0.247. The van der Waals surface area contributed by atoms with E-state index in [1.165, 1.54) is 36.4 Å². The fourth-order valence-corrected chi connectivity index (χ4v) is 3.04. The fraction of sp³-hybridized carbons (Fsp3) is 0.0800. The minimum Gasteiger partial charge on any atom is -0.508 e. The normalized spacial score (nSPS) is 10.7. The third kappa shape index (κ3) is 6.76. The molecule has 0 radical (unpaired) electrons. The number of benzene rings is 3. The van der Waals surface area contributed by atoms with Crippen LogP contribution in [-0.4, -0.2) is 30.6 Å². The number of amides is 2. The average molecular weight is 478 g/mol. The van der Waals surface area contributed by atoms with E-state index in [-0.39, 0.29) is 34.6 Å². The predicted octanol–water partition coefficient (Wildman–Crippen LogP) is 4.62.